The van der Waals surface area contributed by atoms with Gasteiger partial charge < -0.3 is 9.64 Å². The van der Waals surface area contributed by atoms with E-state index in [1.807, 2.05) is 0 Å². The molecule has 0 radical (unpaired) electrons. The molecule has 1 aliphatic rings. The van der Waals surface area contributed by atoms with Crippen molar-refractivity contribution in [1.29, 1.82) is 0 Å². The molecule has 0 aromatic carbocycles. The molecule has 17 heavy (non-hydrogen) atoms. The minimum Gasteiger partial charge on any atom is -0.440 e. The maximum Gasteiger partial charge on any atom is 0.422 e. The van der Waals surface area contributed by atoms with E-state index in [1.165, 1.54) is 4.90 Å². The fraction of sp³-hybridized carbons (Fsp3) is 0.778. The predicted octanol–water partition coefficient (Wildman–Crippen LogP) is 0.849. The van der Waals surface area contributed by atoms with Crippen LogP contribution in [0.25, 0.3) is 0 Å². The Bertz CT molecular complexity index is 306. The summed E-state index contributed by atoms with van der Waals surface area (Å²) in [6.07, 6.45) is -5.66. The topological polar surface area (TPSA) is 49.9 Å². The molecule has 0 atom stereocenters. The van der Waals surface area contributed by atoms with Gasteiger partial charge in [0.2, 0.25) is 5.91 Å². The molecular formula is C9H13F3N2O3. The Balaban J connectivity index is 2.42. The largest absolute Gasteiger partial charge is 0.440 e. The normalized spacial score (nSPS) is 17.3. The van der Waals surface area contributed by atoms with Crippen LogP contribution in [0.1, 0.15) is 6.92 Å². The Labute approximate surface area is 96.1 Å². The quantitative estimate of drug-likeness (QED) is 0.734. The van der Waals surface area contributed by atoms with Crippen molar-refractivity contribution >= 4 is 12.0 Å². The van der Waals surface area contributed by atoms with E-state index in [4.69, 9.17) is 0 Å². The van der Waals surface area contributed by atoms with Gasteiger partial charge in [-0.3, -0.25) is 9.69 Å². The number of carbonyl (C=O) groups excluding carboxylic acids is 2. The summed E-state index contributed by atoms with van der Waals surface area (Å²) in [5, 5.41) is 0. The minimum absolute atomic E-state index is 0.191. The molecule has 1 heterocycles. The lowest BCUT2D eigenvalue weighted by Gasteiger charge is -2.32. The highest BCUT2D eigenvalue weighted by Crippen LogP contribution is 2.15. The molecule has 1 saturated heterocycles. The van der Waals surface area contributed by atoms with Crippen molar-refractivity contribution in [3.8, 4) is 0 Å². The second-order valence-corrected chi connectivity index (χ2v) is 3.56. The van der Waals surface area contributed by atoms with E-state index in [9.17, 15) is 22.8 Å². The Morgan fingerprint density at radius 3 is 2.53 bits per heavy atom. The number of halogens is 3. The van der Waals surface area contributed by atoms with Crippen LogP contribution in [0.2, 0.25) is 0 Å². The van der Waals surface area contributed by atoms with Crippen molar-refractivity contribution in [2.75, 3.05) is 32.8 Å². The van der Waals surface area contributed by atoms with Crippen LogP contribution in [0, 0.1) is 0 Å². The molecule has 0 aromatic heterocycles. The Morgan fingerprint density at radius 2 is 2.06 bits per heavy atom. The molecule has 2 amide bonds. The zero-order chi connectivity index (χ0) is 13.1. The molecule has 98 valence electrons. The number of alkyl halides is 3. The highest BCUT2D eigenvalue weighted by molar-refractivity contribution is 5.83. The number of piperazine rings is 1. The molecule has 1 aliphatic heterocycles. The lowest BCUT2D eigenvalue weighted by Crippen LogP contribution is -2.52. The maximum atomic E-state index is 11.8. The summed E-state index contributed by atoms with van der Waals surface area (Å²) < 4.78 is 39.5. The lowest BCUT2D eigenvalue weighted by atomic mass is 10.3. The van der Waals surface area contributed by atoms with Crippen molar-refractivity contribution in [3.63, 3.8) is 0 Å². The van der Waals surface area contributed by atoms with Gasteiger partial charge in [-0.15, -0.1) is 0 Å². The summed E-state index contributed by atoms with van der Waals surface area (Å²) in [5.74, 6) is -0.289. The molecule has 0 unspecified atom stereocenters. The van der Waals surface area contributed by atoms with E-state index >= 15 is 0 Å². The number of ether oxygens (including phenoxy) is 1. The van der Waals surface area contributed by atoms with Gasteiger partial charge in [-0.2, -0.15) is 13.2 Å². The third-order valence-corrected chi connectivity index (χ3v) is 2.32. The standard InChI is InChI=1S/C9H13F3N2O3/c1-2-13-3-4-14(5-7(13)15)8(16)17-6-9(10,11)12/h2-6H2,1H3. The zero-order valence-corrected chi connectivity index (χ0v) is 9.29. The monoisotopic (exact) mass is 254 g/mol. The van der Waals surface area contributed by atoms with E-state index in [1.54, 1.807) is 6.92 Å². The number of carbonyl (C=O) groups is 2. The molecule has 8 heteroatoms. The van der Waals surface area contributed by atoms with E-state index in [0.717, 1.165) is 4.90 Å². The summed E-state index contributed by atoms with van der Waals surface area (Å²) >= 11 is 0. The number of hydrogen-bond acceptors (Lipinski definition) is 3. The molecule has 5 nitrogen and oxygen atoms in total. The number of amides is 2. The number of likely N-dealkylation sites (N-methyl/N-ethyl adjacent to an activating group) is 1. The van der Waals surface area contributed by atoms with Gasteiger partial charge in [0.05, 0.1) is 0 Å². The van der Waals surface area contributed by atoms with Crippen LogP contribution in [0.5, 0.6) is 0 Å². The van der Waals surface area contributed by atoms with Crippen molar-refractivity contribution in [1.82, 2.24) is 9.80 Å². The van der Waals surface area contributed by atoms with Gasteiger partial charge in [0.1, 0.15) is 6.54 Å². The molecular weight excluding hydrogens is 241 g/mol. The highest BCUT2D eigenvalue weighted by atomic mass is 19.4. The smallest absolute Gasteiger partial charge is 0.422 e. The van der Waals surface area contributed by atoms with Gasteiger partial charge in [0.15, 0.2) is 6.61 Å². The second-order valence-electron chi connectivity index (χ2n) is 3.56. The van der Waals surface area contributed by atoms with E-state index in [2.05, 4.69) is 4.74 Å². The highest BCUT2D eigenvalue weighted by Gasteiger charge is 2.32. The molecule has 0 aromatic rings. The Morgan fingerprint density at radius 1 is 1.41 bits per heavy atom. The molecule has 0 N–H and O–H groups in total. The Kier molecular flexibility index (Phi) is 4.19. The molecule has 1 rings (SSSR count). The first kappa shape index (κ1) is 13.6. The average molecular weight is 254 g/mol. The third kappa shape index (κ3) is 4.12. The van der Waals surface area contributed by atoms with E-state index in [-0.39, 0.29) is 19.0 Å². The lowest BCUT2D eigenvalue weighted by molar-refractivity contribution is -0.163. The summed E-state index contributed by atoms with van der Waals surface area (Å²) in [5.41, 5.74) is 0. The number of nitrogens with zero attached hydrogens (tertiary/aromatic N) is 2. The van der Waals surface area contributed by atoms with Gasteiger partial charge >= 0.3 is 12.3 Å². The molecule has 1 fully saturated rings. The Hall–Kier alpha value is -1.47. The van der Waals surface area contributed by atoms with Gasteiger partial charge in [-0.25, -0.2) is 4.79 Å². The van der Waals surface area contributed by atoms with E-state index in [0.29, 0.717) is 13.1 Å². The molecule has 0 saturated carbocycles. The zero-order valence-electron chi connectivity index (χ0n) is 9.29. The molecule has 0 aliphatic carbocycles. The van der Waals surface area contributed by atoms with Crippen LogP contribution in [0.15, 0.2) is 0 Å². The van der Waals surface area contributed by atoms with Crippen LogP contribution in [-0.2, 0) is 9.53 Å². The number of rotatable bonds is 2. The molecule has 0 spiro atoms. The average Bonchev–Trinajstić information content (AvgIpc) is 2.24. The minimum atomic E-state index is -4.55. The van der Waals surface area contributed by atoms with Crippen LogP contribution < -0.4 is 0 Å². The summed E-state index contributed by atoms with van der Waals surface area (Å²) in [6, 6.07) is 0. The number of hydrogen-bond donors (Lipinski definition) is 0. The van der Waals surface area contributed by atoms with Crippen molar-refractivity contribution in [3.05, 3.63) is 0 Å². The maximum absolute atomic E-state index is 11.8. The van der Waals surface area contributed by atoms with Crippen LogP contribution in [0.4, 0.5) is 18.0 Å². The summed E-state index contributed by atoms with van der Waals surface area (Å²) in [4.78, 5) is 25.1. The van der Waals surface area contributed by atoms with Crippen LogP contribution >= 0.6 is 0 Å². The van der Waals surface area contributed by atoms with Crippen LogP contribution in [0.3, 0.4) is 0 Å². The third-order valence-electron chi connectivity index (χ3n) is 2.32. The molecule has 0 bridgehead atoms. The van der Waals surface area contributed by atoms with Gasteiger partial charge in [-0.05, 0) is 6.92 Å². The summed E-state index contributed by atoms with van der Waals surface area (Å²) in [6.45, 7) is 0.949. The van der Waals surface area contributed by atoms with E-state index < -0.39 is 18.9 Å². The van der Waals surface area contributed by atoms with Crippen molar-refractivity contribution in [2.24, 2.45) is 0 Å². The fourth-order valence-corrected chi connectivity index (χ4v) is 1.43. The van der Waals surface area contributed by atoms with Gasteiger partial charge in [-0.1, -0.05) is 0 Å². The second kappa shape index (κ2) is 5.24. The SMILES string of the molecule is CCN1CCN(C(=O)OCC(F)(F)F)CC1=O. The first-order valence-electron chi connectivity index (χ1n) is 5.09. The first-order valence-corrected chi connectivity index (χ1v) is 5.09. The predicted molar refractivity (Wildman–Crippen MR) is 51.2 cm³/mol. The van der Waals surface area contributed by atoms with Gasteiger partial charge in [0, 0.05) is 19.6 Å². The van der Waals surface area contributed by atoms with Crippen LogP contribution in [-0.4, -0.2) is 60.8 Å². The van der Waals surface area contributed by atoms with Crippen molar-refractivity contribution < 1.29 is 27.5 Å². The fourth-order valence-electron chi connectivity index (χ4n) is 1.43. The van der Waals surface area contributed by atoms with Crippen molar-refractivity contribution in [2.45, 2.75) is 13.1 Å². The van der Waals surface area contributed by atoms with Gasteiger partial charge in [0.25, 0.3) is 0 Å². The summed E-state index contributed by atoms with van der Waals surface area (Å²) in [7, 11) is 0. The first-order chi connectivity index (χ1) is 7.83.